The van der Waals surface area contributed by atoms with E-state index in [1.807, 2.05) is 11.3 Å². The van der Waals surface area contributed by atoms with E-state index in [1.165, 1.54) is 35.3 Å². The number of hydrogen-bond acceptors (Lipinski definition) is 2. The number of hydrogen-bond donors (Lipinski definition) is 0. The van der Waals surface area contributed by atoms with Crippen molar-refractivity contribution in [3.63, 3.8) is 0 Å². The van der Waals surface area contributed by atoms with Crippen molar-refractivity contribution in [1.82, 2.24) is 4.90 Å². The van der Waals surface area contributed by atoms with Gasteiger partial charge >= 0.3 is 0 Å². The molecule has 1 saturated heterocycles. The van der Waals surface area contributed by atoms with E-state index in [0.717, 1.165) is 12.5 Å². The Labute approximate surface area is 98.2 Å². The van der Waals surface area contributed by atoms with Crippen LogP contribution in [0.15, 0.2) is 15.9 Å². The summed E-state index contributed by atoms with van der Waals surface area (Å²) in [6, 6.07) is 2.24. The summed E-state index contributed by atoms with van der Waals surface area (Å²) >= 11 is 5.35. The van der Waals surface area contributed by atoms with Gasteiger partial charge in [0, 0.05) is 21.3 Å². The second-order valence-electron chi connectivity index (χ2n) is 4.19. The third kappa shape index (κ3) is 2.81. The number of nitrogens with zero attached hydrogens (tertiary/aromatic N) is 1. The van der Waals surface area contributed by atoms with E-state index in [2.05, 4.69) is 39.2 Å². The van der Waals surface area contributed by atoms with Crippen molar-refractivity contribution < 1.29 is 0 Å². The lowest BCUT2D eigenvalue weighted by molar-refractivity contribution is 0.186. The first-order valence-corrected chi connectivity index (χ1v) is 6.86. The molecule has 0 bridgehead atoms. The fourth-order valence-corrected chi connectivity index (χ4v) is 3.37. The van der Waals surface area contributed by atoms with Gasteiger partial charge in [-0.3, -0.25) is 4.90 Å². The Balaban J connectivity index is 1.86. The Hall–Kier alpha value is 0.140. The van der Waals surface area contributed by atoms with E-state index >= 15 is 0 Å². The maximum absolute atomic E-state index is 3.50. The van der Waals surface area contributed by atoms with Crippen LogP contribution in [0.4, 0.5) is 0 Å². The van der Waals surface area contributed by atoms with Gasteiger partial charge in [-0.1, -0.05) is 6.92 Å². The Morgan fingerprint density at radius 3 is 2.79 bits per heavy atom. The van der Waals surface area contributed by atoms with Crippen LogP contribution >= 0.6 is 27.3 Å². The number of piperidine rings is 1. The van der Waals surface area contributed by atoms with Crippen LogP contribution in [0.25, 0.3) is 0 Å². The van der Waals surface area contributed by atoms with Crippen molar-refractivity contribution in [3.8, 4) is 0 Å². The summed E-state index contributed by atoms with van der Waals surface area (Å²) in [6.45, 7) is 6.05. The third-order valence-corrected chi connectivity index (χ3v) is 4.56. The van der Waals surface area contributed by atoms with E-state index in [9.17, 15) is 0 Å². The van der Waals surface area contributed by atoms with Crippen LogP contribution in [-0.4, -0.2) is 18.0 Å². The Bertz CT molecular complexity index is 289. The van der Waals surface area contributed by atoms with Gasteiger partial charge in [0.05, 0.1) is 0 Å². The molecule has 0 aromatic carbocycles. The van der Waals surface area contributed by atoms with Crippen LogP contribution in [0.3, 0.4) is 0 Å². The number of likely N-dealkylation sites (tertiary alicyclic amines) is 1. The first-order valence-electron chi connectivity index (χ1n) is 5.19. The predicted octanol–water partition coefficient (Wildman–Crippen LogP) is 3.74. The zero-order valence-electron chi connectivity index (χ0n) is 8.50. The van der Waals surface area contributed by atoms with Gasteiger partial charge in [0.1, 0.15) is 0 Å². The minimum Gasteiger partial charge on any atom is -0.298 e. The molecule has 1 nitrogen and oxygen atoms in total. The molecule has 0 aliphatic carbocycles. The Kier molecular flexibility index (Phi) is 3.63. The molecular formula is C11H16BrNS. The minimum absolute atomic E-state index is 0.932. The molecule has 14 heavy (non-hydrogen) atoms. The molecule has 0 N–H and O–H groups in total. The van der Waals surface area contributed by atoms with Gasteiger partial charge in [0.25, 0.3) is 0 Å². The molecule has 1 aromatic heterocycles. The fraction of sp³-hybridized carbons (Fsp3) is 0.636. The number of halogens is 1. The summed E-state index contributed by atoms with van der Waals surface area (Å²) in [6.07, 6.45) is 2.74. The summed E-state index contributed by atoms with van der Waals surface area (Å²) in [5.41, 5.74) is 0. The van der Waals surface area contributed by atoms with Crippen LogP contribution in [0.5, 0.6) is 0 Å². The molecule has 1 aromatic rings. The van der Waals surface area contributed by atoms with Crippen molar-refractivity contribution in [2.24, 2.45) is 5.92 Å². The van der Waals surface area contributed by atoms with E-state index in [-0.39, 0.29) is 0 Å². The van der Waals surface area contributed by atoms with Gasteiger partial charge in [-0.15, -0.1) is 11.3 Å². The largest absolute Gasteiger partial charge is 0.298 e. The highest BCUT2D eigenvalue weighted by atomic mass is 79.9. The van der Waals surface area contributed by atoms with Crippen LogP contribution in [0.1, 0.15) is 24.6 Å². The van der Waals surface area contributed by atoms with Crippen molar-refractivity contribution in [2.75, 3.05) is 13.1 Å². The second kappa shape index (κ2) is 4.77. The highest BCUT2D eigenvalue weighted by Crippen LogP contribution is 2.23. The van der Waals surface area contributed by atoms with E-state index < -0.39 is 0 Å². The van der Waals surface area contributed by atoms with E-state index in [1.54, 1.807) is 0 Å². The fourth-order valence-electron chi connectivity index (χ4n) is 1.88. The van der Waals surface area contributed by atoms with Crippen molar-refractivity contribution in [1.29, 1.82) is 0 Å². The molecular weight excluding hydrogens is 258 g/mol. The zero-order valence-corrected chi connectivity index (χ0v) is 10.9. The molecule has 1 aliphatic rings. The van der Waals surface area contributed by atoms with Crippen molar-refractivity contribution >= 4 is 27.3 Å². The van der Waals surface area contributed by atoms with Gasteiger partial charge < -0.3 is 0 Å². The molecule has 1 aliphatic heterocycles. The van der Waals surface area contributed by atoms with Crippen molar-refractivity contribution in [3.05, 3.63) is 20.8 Å². The summed E-state index contributed by atoms with van der Waals surface area (Å²) in [7, 11) is 0. The molecule has 1 fully saturated rings. The maximum Gasteiger partial charge on any atom is 0.0328 e. The van der Waals surface area contributed by atoms with Gasteiger partial charge in [-0.25, -0.2) is 0 Å². The SMILES string of the molecule is CC1CCN(Cc2cc(Br)cs2)CC1. The van der Waals surface area contributed by atoms with Gasteiger partial charge in [0.2, 0.25) is 0 Å². The van der Waals surface area contributed by atoms with Gasteiger partial charge in [0.15, 0.2) is 0 Å². The normalized spacial score (nSPS) is 20.1. The lowest BCUT2D eigenvalue weighted by atomic mass is 9.99. The van der Waals surface area contributed by atoms with Crippen LogP contribution in [-0.2, 0) is 6.54 Å². The highest BCUT2D eigenvalue weighted by Gasteiger charge is 2.15. The van der Waals surface area contributed by atoms with Gasteiger partial charge in [-0.05, 0) is 53.8 Å². The minimum atomic E-state index is 0.932. The summed E-state index contributed by atoms with van der Waals surface area (Å²) in [5, 5.41) is 2.17. The first kappa shape index (κ1) is 10.7. The topological polar surface area (TPSA) is 3.24 Å². The molecule has 0 atom stereocenters. The smallest absolute Gasteiger partial charge is 0.0328 e. The lowest BCUT2D eigenvalue weighted by Crippen LogP contribution is -2.32. The molecule has 0 spiro atoms. The van der Waals surface area contributed by atoms with E-state index in [4.69, 9.17) is 0 Å². The lowest BCUT2D eigenvalue weighted by Gasteiger charge is -2.29. The summed E-state index contributed by atoms with van der Waals surface area (Å²) in [5.74, 6) is 0.932. The standard InChI is InChI=1S/C11H16BrNS/c1-9-2-4-13(5-3-9)7-11-6-10(12)8-14-11/h6,8-9H,2-5,7H2,1H3. The molecule has 2 rings (SSSR count). The van der Waals surface area contributed by atoms with E-state index in [0.29, 0.717) is 0 Å². The first-order chi connectivity index (χ1) is 6.74. The Morgan fingerprint density at radius 2 is 2.21 bits per heavy atom. The van der Waals surface area contributed by atoms with Crippen molar-refractivity contribution in [2.45, 2.75) is 26.3 Å². The molecule has 0 saturated carbocycles. The average molecular weight is 274 g/mol. The molecule has 0 radical (unpaired) electrons. The molecule has 2 heterocycles. The zero-order chi connectivity index (χ0) is 9.97. The molecule has 3 heteroatoms. The Morgan fingerprint density at radius 1 is 1.50 bits per heavy atom. The maximum atomic E-state index is 3.50. The summed E-state index contributed by atoms with van der Waals surface area (Å²) in [4.78, 5) is 4.05. The molecule has 78 valence electrons. The molecule has 0 amide bonds. The predicted molar refractivity (Wildman–Crippen MR) is 65.7 cm³/mol. The van der Waals surface area contributed by atoms with Gasteiger partial charge in [-0.2, -0.15) is 0 Å². The monoisotopic (exact) mass is 273 g/mol. The van der Waals surface area contributed by atoms with Crippen LogP contribution in [0, 0.1) is 5.92 Å². The average Bonchev–Trinajstić information content (AvgIpc) is 2.56. The van der Waals surface area contributed by atoms with Crippen LogP contribution < -0.4 is 0 Å². The quantitative estimate of drug-likeness (QED) is 0.794. The van der Waals surface area contributed by atoms with Crippen LogP contribution in [0.2, 0.25) is 0 Å². The second-order valence-corrected chi connectivity index (χ2v) is 6.10. The number of thiophene rings is 1. The third-order valence-electron chi connectivity index (χ3n) is 2.88. The molecule has 0 unspecified atom stereocenters. The summed E-state index contributed by atoms with van der Waals surface area (Å²) < 4.78 is 1.22. The highest BCUT2D eigenvalue weighted by molar-refractivity contribution is 9.10. The number of rotatable bonds is 2.